The average molecular weight is 331 g/mol. The lowest BCUT2D eigenvalue weighted by atomic mass is 10.1. The molecule has 96 valence electrons. The molecule has 1 aliphatic rings. The highest BCUT2D eigenvalue weighted by molar-refractivity contribution is 9.10. The molecule has 1 fully saturated rings. The van der Waals surface area contributed by atoms with Gasteiger partial charge in [0.2, 0.25) is 0 Å². The highest BCUT2D eigenvalue weighted by Gasteiger charge is 2.20. The van der Waals surface area contributed by atoms with E-state index in [2.05, 4.69) is 30.5 Å². The van der Waals surface area contributed by atoms with Crippen molar-refractivity contribution in [3.8, 4) is 0 Å². The Hall–Kier alpha value is -0.650. The Kier molecular flexibility index (Phi) is 3.54. The molecule has 4 nitrogen and oxygen atoms in total. The molecule has 6 heteroatoms. The minimum absolute atomic E-state index is 0.404. The van der Waals surface area contributed by atoms with E-state index < -0.39 is 0 Å². The molecular formula is C12H13BrClN3O. The monoisotopic (exact) mass is 329 g/mol. The van der Waals surface area contributed by atoms with Gasteiger partial charge < -0.3 is 9.30 Å². The molecule has 2 aromatic heterocycles. The first-order chi connectivity index (χ1) is 8.78. The number of aromatic nitrogens is 3. The molecule has 3 heterocycles. The second-order valence-electron chi connectivity index (χ2n) is 4.50. The Labute approximate surface area is 118 Å². The van der Waals surface area contributed by atoms with E-state index in [-0.39, 0.29) is 0 Å². The quantitative estimate of drug-likeness (QED) is 0.812. The van der Waals surface area contributed by atoms with Crippen LogP contribution in [-0.2, 0) is 17.2 Å². The Bertz CT molecular complexity index is 566. The van der Waals surface area contributed by atoms with Gasteiger partial charge in [0.05, 0.1) is 12.5 Å². The molecule has 0 radical (unpaired) electrons. The minimum Gasteiger partial charge on any atom is -0.381 e. The first kappa shape index (κ1) is 12.4. The van der Waals surface area contributed by atoms with Gasteiger partial charge in [0, 0.05) is 29.7 Å². The fourth-order valence-corrected chi connectivity index (χ4v) is 2.84. The molecule has 3 rings (SSSR count). The van der Waals surface area contributed by atoms with Crippen LogP contribution in [0, 0.1) is 5.92 Å². The highest BCUT2D eigenvalue weighted by Crippen LogP contribution is 2.23. The number of halogens is 2. The fraction of sp³-hybridized carbons (Fsp3) is 0.500. The first-order valence-electron chi connectivity index (χ1n) is 5.92. The van der Waals surface area contributed by atoms with Gasteiger partial charge in [-0.1, -0.05) is 0 Å². The lowest BCUT2D eigenvalue weighted by Gasteiger charge is -2.11. The molecule has 0 bridgehead atoms. The molecule has 1 aliphatic heterocycles. The summed E-state index contributed by atoms with van der Waals surface area (Å²) >= 11 is 9.39. The number of fused-ring (bicyclic) bond motifs is 1. The third-order valence-corrected chi connectivity index (χ3v) is 3.89. The average Bonchev–Trinajstić information content (AvgIpc) is 2.97. The lowest BCUT2D eigenvalue weighted by Crippen LogP contribution is -2.13. The van der Waals surface area contributed by atoms with Gasteiger partial charge in [0.25, 0.3) is 0 Å². The van der Waals surface area contributed by atoms with Crippen LogP contribution in [0.3, 0.4) is 0 Å². The van der Waals surface area contributed by atoms with Crippen molar-refractivity contribution in [1.29, 1.82) is 0 Å². The summed E-state index contributed by atoms with van der Waals surface area (Å²) < 4.78 is 8.47. The summed E-state index contributed by atoms with van der Waals surface area (Å²) in [6.07, 6.45) is 2.89. The summed E-state index contributed by atoms with van der Waals surface area (Å²) in [7, 11) is 0. The van der Waals surface area contributed by atoms with Crippen molar-refractivity contribution in [1.82, 2.24) is 14.5 Å². The Morgan fingerprint density at radius 3 is 3.17 bits per heavy atom. The van der Waals surface area contributed by atoms with E-state index in [0.29, 0.717) is 11.8 Å². The van der Waals surface area contributed by atoms with Crippen molar-refractivity contribution in [3.05, 3.63) is 22.6 Å². The number of nitrogens with zero attached hydrogens (tertiary/aromatic N) is 3. The number of imidazole rings is 1. The van der Waals surface area contributed by atoms with E-state index in [1.165, 1.54) is 0 Å². The molecule has 0 aromatic carbocycles. The second kappa shape index (κ2) is 5.15. The fourth-order valence-electron chi connectivity index (χ4n) is 2.31. The van der Waals surface area contributed by atoms with Gasteiger partial charge in [0.1, 0.15) is 11.3 Å². The van der Waals surface area contributed by atoms with E-state index in [9.17, 15) is 0 Å². The van der Waals surface area contributed by atoms with Crippen LogP contribution in [0.1, 0.15) is 12.2 Å². The zero-order valence-corrected chi connectivity index (χ0v) is 12.1. The van der Waals surface area contributed by atoms with E-state index in [1.54, 1.807) is 6.20 Å². The Balaban J connectivity index is 2.01. The standard InChI is InChI=1S/C12H13BrClN3O/c13-9-3-10-12(15-5-9)17(11(4-14)16-10)6-8-1-2-18-7-8/h3,5,8H,1-2,4,6-7H2. The van der Waals surface area contributed by atoms with Gasteiger partial charge in [-0.15, -0.1) is 11.6 Å². The van der Waals surface area contributed by atoms with Crippen molar-refractivity contribution in [2.75, 3.05) is 13.2 Å². The smallest absolute Gasteiger partial charge is 0.160 e. The van der Waals surface area contributed by atoms with Crippen LogP contribution in [0.25, 0.3) is 11.2 Å². The van der Waals surface area contributed by atoms with E-state index >= 15 is 0 Å². The van der Waals surface area contributed by atoms with Crippen LogP contribution in [0.4, 0.5) is 0 Å². The van der Waals surface area contributed by atoms with Crippen LogP contribution in [0.15, 0.2) is 16.7 Å². The van der Waals surface area contributed by atoms with Crippen molar-refractivity contribution in [2.24, 2.45) is 5.92 Å². The summed E-state index contributed by atoms with van der Waals surface area (Å²) in [5.74, 6) is 1.82. The highest BCUT2D eigenvalue weighted by atomic mass is 79.9. The number of hydrogen-bond donors (Lipinski definition) is 0. The van der Waals surface area contributed by atoms with E-state index in [4.69, 9.17) is 16.3 Å². The van der Waals surface area contributed by atoms with Gasteiger partial charge in [-0.3, -0.25) is 0 Å². The predicted octanol–water partition coefficient (Wildman–Crippen LogP) is 2.97. The van der Waals surface area contributed by atoms with Crippen LogP contribution in [-0.4, -0.2) is 27.7 Å². The summed E-state index contributed by atoms with van der Waals surface area (Å²) in [5.41, 5.74) is 1.79. The van der Waals surface area contributed by atoms with Crippen molar-refractivity contribution in [3.63, 3.8) is 0 Å². The van der Waals surface area contributed by atoms with Crippen molar-refractivity contribution >= 4 is 38.7 Å². The summed E-state index contributed by atoms with van der Waals surface area (Å²) in [6.45, 7) is 2.55. The molecule has 2 aromatic rings. The number of alkyl halides is 1. The molecule has 0 spiro atoms. The van der Waals surface area contributed by atoms with Crippen LogP contribution >= 0.6 is 27.5 Å². The zero-order chi connectivity index (χ0) is 12.5. The molecule has 0 saturated carbocycles. The van der Waals surface area contributed by atoms with Crippen LogP contribution < -0.4 is 0 Å². The molecule has 1 unspecified atom stereocenters. The maximum absolute atomic E-state index is 5.97. The maximum atomic E-state index is 5.97. The largest absolute Gasteiger partial charge is 0.381 e. The minimum atomic E-state index is 0.404. The number of ether oxygens (including phenoxy) is 1. The number of hydrogen-bond acceptors (Lipinski definition) is 3. The number of rotatable bonds is 3. The maximum Gasteiger partial charge on any atom is 0.160 e. The van der Waals surface area contributed by atoms with Crippen molar-refractivity contribution in [2.45, 2.75) is 18.8 Å². The predicted molar refractivity (Wildman–Crippen MR) is 73.7 cm³/mol. The zero-order valence-electron chi connectivity index (χ0n) is 9.77. The van der Waals surface area contributed by atoms with Gasteiger partial charge in [-0.2, -0.15) is 0 Å². The van der Waals surface area contributed by atoms with Crippen LogP contribution in [0.2, 0.25) is 0 Å². The van der Waals surface area contributed by atoms with Gasteiger partial charge >= 0.3 is 0 Å². The van der Waals surface area contributed by atoms with E-state index in [0.717, 1.165) is 47.6 Å². The lowest BCUT2D eigenvalue weighted by molar-refractivity contribution is 0.182. The van der Waals surface area contributed by atoms with Gasteiger partial charge in [0.15, 0.2) is 5.65 Å². The summed E-state index contributed by atoms with van der Waals surface area (Å²) in [6, 6.07) is 1.97. The Morgan fingerprint density at radius 1 is 1.56 bits per heavy atom. The number of pyridine rings is 1. The third-order valence-electron chi connectivity index (χ3n) is 3.21. The topological polar surface area (TPSA) is 39.9 Å². The molecule has 18 heavy (non-hydrogen) atoms. The van der Waals surface area contributed by atoms with Crippen molar-refractivity contribution < 1.29 is 4.74 Å². The molecule has 0 N–H and O–H groups in total. The second-order valence-corrected chi connectivity index (χ2v) is 5.68. The SMILES string of the molecule is ClCc1nc2cc(Br)cnc2n1CC1CCOC1. The Morgan fingerprint density at radius 2 is 2.44 bits per heavy atom. The molecular weight excluding hydrogens is 318 g/mol. The molecule has 0 aliphatic carbocycles. The normalized spacial score (nSPS) is 19.8. The molecule has 0 amide bonds. The third kappa shape index (κ3) is 2.27. The van der Waals surface area contributed by atoms with E-state index in [1.807, 2.05) is 6.07 Å². The summed E-state index contributed by atoms with van der Waals surface area (Å²) in [4.78, 5) is 8.98. The molecule has 1 saturated heterocycles. The first-order valence-corrected chi connectivity index (χ1v) is 7.25. The van der Waals surface area contributed by atoms with Gasteiger partial charge in [-0.25, -0.2) is 9.97 Å². The summed E-state index contributed by atoms with van der Waals surface area (Å²) in [5, 5.41) is 0. The van der Waals surface area contributed by atoms with Gasteiger partial charge in [-0.05, 0) is 28.4 Å². The van der Waals surface area contributed by atoms with Crippen LogP contribution in [0.5, 0.6) is 0 Å². The molecule has 1 atom stereocenters.